The van der Waals surface area contributed by atoms with Crippen molar-refractivity contribution in [3.05, 3.63) is 47.3 Å². The minimum Gasteiger partial charge on any atom is -0.376 e. The number of ether oxygens (including phenoxy) is 1. The molecule has 3 heterocycles. The molecule has 0 saturated carbocycles. The first-order valence-electron chi connectivity index (χ1n) is 10.5. The molecule has 1 fully saturated rings. The fourth-order valence-corrected chi connectivity index (χ4v) is 4.21. The van der Waals surface area contributed by atoms with E-state index in [9.17, 15) is 4.79 Å². The highest BCUT2D eigenvalue weighted by Gasteiger charge is 2.24. The second-order valence-electron chi connectivity index (χ2n) is 7.60. The number of amides is 1. The Morgan fingerprint density at radius 3 is 2.68 bits per heavy atom. The Labute approximate surface area is 167 Å². The van der Waals surface area contributed by atoms with Crippen molar-refractivity contribution in [2.24, 2.45) is 0 Å². The van der Waals surface area contributed by atoms with E-state index in [2.05, 4.69) is 40.8 Å². The molecule has 6 nitrogen and oxygen atoms in total. The van der Waals surface area contributed by atoms with Gasteiger partial charge < -0.3 is 14.5 Å². The lowest BCUT2D eigenvalue weighted by molar-refractivity contribution is -0.131. The van der Waals surface area contributed by atoms with Crippen LogP contribution in [0.4, 0.5) is 5.69 Å². The van der Waals surface area contributed by atoms with Crippen LogP contribution in [0, 0.1) is 0 Å². The fourth-order valence-electron chi connectivity index (χ4n) is 4.21. The molecule has 1 amide bonds. The highest BCUT2D eigenvalue weighted by molar-refractivity contribution is 5.76. The zero-order chi connectivity index (χ0) is 19.3. The number of nitrogens with zero attached hydrogens (tertiary/aromatic N) is 4. The summed E-state index contributed by atoms with van der Waals surface area (Å²) in [4.78, 5) is 17.1. The molecule has 0 atom stereocenters. The number of carbonyl (C=O) groups excluding carboxylic acids is 1. The minimum absolute atomic E-state index is 0.239. The van der Waals surface area contributed by atoms with E-state index >= 15 is 0 Å². The zero-order valence-electron chi connectivity index (χ0n) is 16.8. The van der Waals surface area contributed by atoms with E-state index in [1.165, 1.54) is 16.9 Å². The molecule has 0 aliphatic carbocycles. The first-order valence-corrected chi connectivity index (χ1v) is 10.5. The third kappa shape index (κ3) is 4.07. The highest BCUT2D eigenvalue weighted by atomic mass is 16.5. The van der Waals surface area contributed by atoms with Gasteiger partial charge in [0.15, 0.2) is 0 Å². The molecule has 0 N–H and O–H groups in total. The largest absolute Gasteiger partial charge is 0.376 e. The van der Waals surface area contributed by atoms with E-state index in [1.807, 2.05) is 11.0 Å². The van der Waals surface area contributed by atoms with Gasteiger partial charge in [-0.1, -0.05) is 25.1 Å². The van der Waals surface area contributed by atoms with Gasteiger partial charge in [-0.2, -0.15) is 5.10 Å². The SMILES string of the molecule is CCCn1nc(CCC(=O)N2CCN(c3ccccc3)CC2)c2c1CCOC2. The Morgan fingerprint density at radius 2 is 1.93 bits per heavy atom. The molecule has 1 aromatic carbocycles. The van der Waals surface area contributed by atoms with Crippen LogP contribution in [0.5, 0.6) is 0 Å². The molecular weight excluding hydrogens is 352 g/mol. The molecule has 1 saturated heterocycles. The molecule has 28 heavy (non-hydrogen) atoms. The number of para-hydroxylation sites is 1. The number of carbonyl (C=O) groups is 1. The van der Waals surface area contributed by atoms with Gasteiger partial charge >= 0.3 is 0 Å². The Balaban J connectivity index is 1.33. The molecule has 2 aliphatic rings. The van der Waals surface area contributed by atoms with E-state index in [-0.39, 0.29) is 5.91 Å². The van der Waals surface area contributed by atoms with Crippen LogP contribution in [0.15, 0.2) is 30.3 Å². The standard InChI is InChI=1S/C22H30N4O2/c1-2-11-26-21-10-16-28-17-19(21)20(23-26)8-9-22(27)25-14-12-24(13-15-25)18-6-4-3-5-7-18/h3-7H,2,8-17H2,1H3. The molecule has 2 aromatic rings. The first kappa shape index (κ1) is 19.0. The summed E-state index contributed by atoms with van der Waals surface area (Å²) in [6.07, 6.45) is 3.23. The number of fused-ring (bicyclic) bond motifs is 1. The van der Waals surface area contributed by atoms with Crippen molar-refractivity contribution in [1.82, 2.24) is 14.7 Å². The molecular formula is C22H30N4O2. The Kier molecular flexibility index (Phi) is 5.95. The predicted molar refractivity (Wildman–Crippen MR) is 109 cm³/mol. The Bertz CT molecular complexity index is 794. The number of hydrogen-bond acceptors (Lipinski definition) is 4. The second kappa shape index (κ2) is 8.78. The summed E-state index contributed by atoms with van der Waals surface area (Å²) in [7, 11) is 0. The topological polar surface area (TPSA) is 50.6 Å². The van der Waals surface area contributed by atoms with Crippen LogP contribution < -0.4 is 4.90 Å². The van der Waals surface area contributed by atoms with E-state index in [0.29, 0.717) is 19.4 Å². The molecule has 6 heteroatoms. The van der Waals surface area contributed by atoms with Crippen molar-refractivity contribution in [3.63, 3.8) is 0 Å². The molecule has 2 aliphatic heterocycles. The fraction of sp³-hybridized carbons (Fsp3) is 0.545. The van der Waals surface area contributed by atoms with Crippen LogP contribution in [-0.2, 0) is 35.5 Å². The number of anilines is 1. The number of aryl methyl sites for hydroxylation is 2. The van der Waals surface area contributed by atoms with E-state index < -0.39 is 0 Å². The van der Waals surface area contributed by atoms with Crippen molar-refractivity contribution < 1.29 is 9.53 Å². The van der Waals surface area contributed by atoms with Gasteiger partial charge in [0.1, 0.15) is 0 Å². The molecule has 1 aromatic heterocycles. The lowest BCUT2D eigenvalue weighted by Gasteiger charge is -2.36. The summed E-state index contributed by atoms with van der Waals surface area (Å²) < 4.78 is 7.79. The van der Waals surface area contributed by atoms with Crippen molar-refractivity contribution in [1.29, 1.82) is 0 Å². The van der Waals surface area contributed by atoms with Gasteiger partial charge in [0.25, 0.3) is 0 Å². The molecule has 0 radical (unpaired) electrons. The maximum atomic E-state index is 12.8. The average molecular weight is 383 g/mol. The van der Waals surface area contributed by atoms with Gasteiger partial charge in [-0.15, -0.1) is 0 Å². The predicted octanol–water partition coefficient (Wildman–Crippen LogP) is 2.65. The highest BCUT2D eigenvalue weighted by Crippen LogP contribution is 2.23. The zero-order valence-corrected chi connectivity index (χ0v) is 16.8. The van der Waals surface area contributed by atoms with Gasteiger partial charge in [-0.25, -0.2) is 0 Å². The Morgan fingerprint density at radius 1 is 1.14 bits per heavy atom. The van der Waals surface area contributed by atoms with Crippen LogP contribution in [0.2, 0.25) is 0 Å². The maximum Gasteiger partial charge on any atom is 0.223 e. The first-order chi connectivity index (χ1) is 13.8. The number of benzene rings is 1. The van der Waals surface area contributed by atoms with Crippen LogP contribution in [-0.4, -0.2) is 53.4 Å². The van der Waals surface area contributed by atoms with Gasteiger partial charge in [-0.3, -0.25) is 9.48 Å². The lowest BCUT2D eigenvalue weighted by atomic mass is 10.1. The minimum atomic E-state index is 0.239. The quantitative estimate of drug-likeness (QED) is 0.771. The second-order valence-corrected chi connectivity index (χ2v) is 7.60. The summed E-state index contributed by atoms with van der Waals surface area (Å²) in [6.45, 7) is 7.89. The van der Waals surface area contributed by atoms with Gasteiger partial charge in [0, 0.05) is 68.9 Å². The third-order valence-electron chi connectivity index (χ3n) is 5.74. The van der Waals surface area contributed by atoms with Crippen molar-refractivity contribution in [2.75, 3.05) is 37.7 Å². The van der Waals surface area contributed by atoms with Crippen LogP contribution in [0.1, 0.15) is 36.7 Å². The van der Waals surface area contributed by atoms with Gasteiger partial charge in [-0.05, 0) is 18.6 Å². The average Bonchev–Trinajstić information content (AvgIpc) is 3.11. The van der Waals surface area contributed by atoms with E-state index in [4.69, 9.17) is 9.84 Å². The molecule has 0 bridgehead atoms. The normalized spacial score (nSPS) is 16.9. The third-order valence-corrected chi connectivity index (χ3v) is 5.74. The summed E-state index contributed by atoms with van der Waals surface area (Å²) in [6, 6.07) is 10.4. The molecule has 0 unspecified atom stereocenters. The summed E-state index contributed by atoms with van der Waals surface area (Å²) >= 11 is 0. The summed E-state index contributed by atoms with van der Waals surface area (Å²) in [5.41, 5.74) is 4.83. The lowest BCUT2D eigenvalue weighted by Crippen LogP contribution is -2.48. The van der Waals surface area contributed by atoms with E-state index in [0.717, 1.165) is 57.9 Å². The van der Waals surface area contributed by atoms with Gasteiger partial charge in [0.2, 0.25) is 5.91 Å². The van der Waals surface area contributed by atoms with Crippen LogP contribution in [0.25, 0.3) is 0 Å². The summed E-state index contributed by atoms with van der Waals surface area (Å²) in [5.74, 6) is 0.239. The smallest absolute Gasteiger partial charge is 0.223 e. The van der Waals surface area contributed by atoms with Crippen LogP contribution >= 0.6 is 0 Å². The van der Waals surface area contributed by atoms with Crippen LogP contribution in [0.3, 0.4) is 0 Å². The van der Waals surface area contributed by atoms with Crippen molar-refractivity contribution in [3.8, 4) is 0 Å². The monoisotopic (exact) mass is 382 g/mol. The number of hydrogen-bond donors (Lipinski definition) is 0. The molecule has 4 rings (SSSR count). The van der Waals surface area contributed by atoms with E-state index in [1.54, 1.807) is 0 Å². The van der Waals surface area contributed by atoms with Crippen molar-refractivity contribution in [2.45, 2.75) is 45.8 Å². The maximum absolute atomic E-state index is 12.8. The number of rotatable bonds is 6. The van der Waals surface area contributed by atoms with Crippen molar-refractivity contribution >= 4 is 11.6 Å². The van der Waals surface area contributed by atoms with Gasteiger partial charge in [0.05, 0.1) is 18.9 Å². The summed E-state index contributed by atoms with van der Waals surface area (Å²) in [5, 5.41) is 4.81. The number of piperazine rings is 1. The Hall–Kier alpha value is -2.34. The molecule has 150 valence electrons. The molecule has 0 spiro atoms. The number of aromatic nitrogens is 2.